The largest absolute Gasteiger partial charge is 0.494 e. The molecule has 7 heteroatoms. The Morgan fingerprint density at radius 3 is 2.30 bits per heavy atom. The summed E-state index contributed by atoms with van der Waals surface area (Å²) in [4.78, 5) is 40.2. The van der Waals surface area contributed by atoms with Gasteiger partial charge in [-0.2, -0.15) is 0 Å². The lowest BCUT2D eigenvalue weighted by Gasteiger charge is -2.13. The smallest absolute Gasteiger partial charge is 0.340 e. The van der Waals surface area contributed by atoms with Crippen molar-refractivity contribution < 1.29 is 28.6 Å². The number of aromatic nitrogens is 1. The van der Waals surface area contributed by atoms with Crippen molar-refractivity contribution in [1.82, 2.24) is 4.98 Å². The Morgan fingerprint density at radius 2 is 1.70 bits per heavy atom. The highest BCUT2D eigenvalue weighted by molar-refractivity contribution is 6.04. The molecule has 0 aliphatic carbocycles. The van der Waals surface area contributed by atoms with Crippen molar-refractivity contribution in [3.05, 3.63) is 52.3 Å². The quantitative estimate of drug-likeness (QED) is 0.351. The lowest BCUT2D eigenvalue weighted by Crippen LogP contribution is -2.25. The van der Waals surface area contributed by atoms with E-state index >= 15 is 0 Å². The molecule has 0 aliphatic rings. The maximum atomic E-state index is 12.8. The molecular formula is C23H29NO6. The van der Waals surface area contributed by atoms with Crippen LogP contribution in [-0.4, -0.2) is 42.0 Å². The van der Waals surface area contributed by atoms with Gasteiger partial charge in [0.05, 0.1) is 30.0 Å². The Bertz CT molecular complexity index is 897. The Hall–Kier alpha value is -3.09. The van der Waals surface area contributed by atoms with Gasteiger partial charge in [0, 0.05) is 5.69 Å². The monoisotopic (exact) mass is 415 g/mol. The molecule has 2 aromatic rings. The van der Waals surface area contributed by atoms with Crippen molar-refractivity contribution in [2.75, 3.05) is 13.2 Å². The molecule has 0 amide bonds. The first-order chi connectivity index (χ1) is 14.3. The highest BCUT2D eigenvalue weighted by Crippen LogP contribution is 2.21. The van der Waals surface area contributed by atoms with Crippen LogP contribution >= 0.6 is 0 Å². The third kappa shape index (κ3) is 5.49. The molecule has 2 rings (SSSR count). The average molecular weight is 415 g/mol. The summed E-state index contributed by atoms with van der Waals surface area (Å²) in [5, 5.41) is 0. The lowest BCUT2D eigenvalue weighted by atomic mass is 10.1. The van der Waals surface area contributed by atoms with E-state index in [-0.39, 0.29) is 12.3 Å². The molecule has 0 unspecified atom stereocenters. The van der Waals surface area contributed by atoms with Gasteiger partial charge in [-0.25, -0.2) is 9.59 Å². The highest BCUT2D eigenvalue weighted by Gasteiger charge is 2.27. The summed E-state index contributed by atoms with van der Waals surface area (Å²) >= 11 is 0. The van der Waals surface area contributed by atoms with Crippen LogP contribution < -0.4 is 4.74 Å². The molecule has 0 bridgehead atoms. The summed E-state index contributed by atoms with van der Waals surface area (Å²) in [5.74, 6) is -0.844. The van der Waals surface area contributed by atoms with Crippen LogP contribution in [0.4, 0.5) is 0 Å². The Kier molecular flexibility index (Phi) is 8.21. The minimum Gasteiger partial charge on any atom is -0.494 e. The summed E-state index contributed by atoms with van der Waals surface area (Å²) in [7, 11) is 0. The number of hydrogen-bond acceptors (Lipinski definition) is 6. The van der Waals surface area contributed by atoms with E-state index in [4.69, 9.17) is 14.2 Å². The van der Waals surface area contributed by atoms with Crippen LogP contribution in [-0.2, 0) is 9.47 Å². The first-order valence-corrected chi connectivity index (χ1v) is 10.1. The van der Waals surface area contributed by atoms with Gasteiger partial charge in [0.25, 0.3) is 0 Å². The molecule has 0 saturated carbocycles. The minimum atomic E-state index is -1.02. The van der Waals surface area contributed by atoms with Crippen LogP contribution in [0.15, 0.2) is 24.3 Å². The van der Waals surface area contributed by atoms with Gasteiger partial charge in [-0.15, -0.1) is 0 Å². The Balaban J connectivity index is 2.06. The van der Waals surface area contributed by atoms with Gasteiger partial charge < -0.3 is 19.2 Å². The van der Waals surface area contributed by atoms with Crippen LogP contribution in [0.1, 0.15) is 76.1 Å². The van der Waals surface area contributed by atoms with Gasteiger partial charge in [-0.3, -0.25) is 4.79 Å². The van der Waals surface area contributed by atoms with Crippen LogP contribution in [0.5, 0.6) is 5.75 Å². The number of ether oxygens (including phenoxy) is 3. The van der Waals surface area contributed by atoms with E-state index < -0.39 is 23.8 Å². The number of ketones is 1. The third-order valence-corrected chi connectivity index (χ3v) is 4.67. The number of esters is 2. The van der Waals surface area contributed by atoms with Crippen molar-refractivity contribution in [2.24, 2.45) is 0 Å². The molecular weight excluding hydrogens is 386 g/mol. The lowest BCUT2D eigenvalue weighted by molar-refractivity contribution is 0.0316. The van der Waals surface area contributed by atoms with E-state index in [2.05, 4.69) is 11.9 Å². The predicted molar refractivity (Wildman–Crippen MR) is 112 cm³/mol. The fourth-order valence-corrected chi connectivity index (χ4v) is 3.01. The molecule has 30 heavy (non-hydrogen) atoms. The SMILES string of the molecule is CCCCOc1ccc(C(=O)O[C@@H](C)C(=O)c2[nH]c(C)c(C(=O)OCC)c2C)cc1. The molecule has 0 aliphatic heterocycles. The number of hydrogen-bond donors (Lipinski definition) is 1. The molecule has 1 atom stereocenters. The van der Waals surface area contributed by atoms with E-state index in [0.29, 0.717) is 34.7 Å². The Morgan fingerprint density at radius 1 is 1.03 bits per heavy atom. The zero-order chi connectivity index (χ0) is 22.3. The van der Waals surface area contributed by atoms with Crippen molar-refractivity contribution in [1.29, 1.82) is 0 Å². The maximum absolute atomic E-state index is 12.8. The normalized spacial score (nSPS) is 11.6. The second-order valence-corrected chi connectivity index (χ2v) is 6.98. The number of rotatable bonds is 10. The van der Waals surface area contributed by atoms with Crippen LogP contribution in [0.25, 0.3) is 0 Å². The number of carbonyl (C=O) groups excluding carboxylic acids is 3. The van der Waals surface area contributed by atoms with E-state index in [1.807, 2.05) is 0 Å². The minimum absolute atomic E-state index is 0.232. The van der Waals surface area contributed by atoms with Gasteiger partial charge in [0.2, 0.25) is 5.78 Å². The summed E-state index contributed by atoms with van der Waals surface area (Å²) in [6.07, 6.45) is 0.973. The van der Waals surface area contributed by atoms with Crippen molar-refractivity contribution in [2.45, 2.75) is 53.6 Å². The number of aryl methyl sites for hydroxylation is 1. The summed E-state index contributed by atoms with van der Waals surface area (Å²) < 4.78 is 16.0. The molecule has 0 radical (unpaired) electrons. The fourth-order valence-electron chi connectivity index (χ4n) is 3.01. The van der Waals surface area contributed by atoms with Crippen molar-refractivity contribution >= 4 is 17.7 Å². The second kappa shape index (κ2) is 10.6. The number of aromatic amines is 1. The van der Waals surface area contributed by atoms with Gasteiger partial charge in [-0.1, -0.05) is 13.3 Å². The number of nitrogens with one attached hydrogen (secondary N) is 1. The zero-order valence-corrected chi connectivity index (χ0v) is 18.2. The van der Waals surface area contributed by atoms with Crippen LogP contribution in [0.3, 0.4) is 0 Å². The van der Waals surface area contributed by atoms with E-state index in [0.717, 1.165) is 12.8 Å². The maximum Gasteiger partial charge on any atom is 0.340 e. The Labute approximate surface area is 176 Å². The number of H-pyrrole nitrogens is 1. The van der Waals surface area contributed by atoms with Gasteiger partial charge in [0.1, 0.15) is 5.75 Å². The molecule has 162 valence electrons. The van der Waals surface area contributed by atoms with Gasteiger partial charge >= 0.3 is 11.9 Å². The number of carbonyl (C=O) groups is 3. The number of unbranched alkanes of at least 4 members (excludes halogenated alkanes) is 1. The standard InChI is InChI=1S/C23H29NO6/c1-6-8-13-29-18-11-9-17(10-12-18)22(26)30-16(5)21(25)20-14(3)19(15(4)24-20)23(27)28-7-2/h9-12,16,24H,6-8,13H2,1-5H3/t16-/m0/s1. The first kappa shape index (κ1) is 23.2. The van der Waals surface area contributed by atoms with Gasteiger partial charge in [-0.05, 0) is 63.9 Å². The molecule has 1 aromatic carbocycles. The molecule has 0 spiro atoms. The molecule has 7 nitrogen and oxygen atoms in total. The predicted octanol–water partition coefficient (Wildman–Crippen LogP) is 4.42. The second-order valence-electron chi connectivity index (χ2n) is 6.98. The highest BCUT2D eigenvalue weighted by atomic mass is 16.5. The molecule has 0 fully saturated rings. The van der Waals surface area contributed by atoms with E-state index in [1.165, 1.54) is 6.92 Å². The average Bonchev–Trinajstić information content (AvgIpc) is 3.02. The molecule has 1 heterocycles. The third-order valence-electron chi connectivity index (χ3n) is 4.67. The van der Waals surface area contributed by atoms with Crippen molar-refractivity contribution in [3.8, 4) is 5.75 Å². The topological polar surface area (TPSA) is 94.7 Å². The number of benzene rings is 1. The number of Topliss-reactive ketones (excluding diaryl/α,β-unsaturated/α-hetero) is 1. The van der Waals surface area contributed by atoms with Gasteiger partial charge in [0.15, 0.2) is 6.10 Å². The summed E-state index contributed by atoms with van der Waals surface area (Å²) in [6.45, 7) is 9.51. The zero-order valence-electron chi connectivity index (χ0n) is 18.2. The molecule has 1 aromatic heterocycles. The fraction of sp³-hybridized carbons (Fsp3) is 0.435. The van der Waals surface area contributed by atoms with Crippen molar-refractivity contribution in [3.63, 3.8) is 0 Å². The molecule has 0 saturated heterocycles. The summed E-state index contributed by atoms with van der Waals surface area (Å²) in [6, 6.07) is 6.60. The van der Waals surface area contributed by atoms with E-state index in [1.54, 1.807) is 45.0 Å². The first-order valence-electron chi connectivity index (χ1n) is 10.1. The molecule has 1 N–H and O–H groups in total. The van der Waals surface area contributed by atoms with E-state index in [9.17, 15) is 14.4 Å². The van der Waals surface area contributed by atoms with Crippen LogP contribution in [0.2, 0.25) is 0 Å². The van der Waals surface area contributed by atoms with Crippen LogP contribution in [0, 0.1) is 13.8 Å². The summed E-state index contributed by atoms with van der Waals surface area (Å²) in [5.41, 5.74) is 1.90.